The van der Waals surface area contributed by atoms with Gasteiger partial charge in [0.2, 0.25) is 0 Å². The molecule has 0 unspecified atom stereocenters. The normalized spacial score (nSPS) is 4.00. The third kappa shape index (κ3) is 283. The maximum Gasteiger partial charge on any atom is 3.00 e. The first-order chi connectivity index (χ1) is 1.73. The first-order valence-electron chi connectivity index (χ1n) is 0.548. The summed E-state index contributed by atoms with van der Waals surface area (Å²) in [6.07, 6.45) is 0. The molecule has 0 heterocycles. The van der Waals surface area contributed by atoms with Crippen LogP contribution in [-0.2, 0) is 0 Å². The first kappa shape index (κ1) is 17.3. The Labute approximate surface area is 44.8 Å². The Hall–Kier alpha value is -0.308. The standard InChI is InChI=1S/Al.NO3.H3N/c;2-1(3)4;/h;;1H3/q+3;-1;/p+1. The van der Waals surface area contributed by atoms with Gasteiger partial charge >= 0.3 is 17.4 Å². The summed E-state index contributed by atoms with van der Waals surface area (Å²) in [7, 11) is 0. The smallest absolute Gasteiger partial charge is 0.369 e. The zero-order valence-electron chi connectivity index (χ0n) is 3.25. The van der Waals surface area contributed by atoms with Crippen molar-refractivity contribution in [3.8, 4) is 0 Å². The van der Waals surface area contributed by atoms with E-state index < -0.39 is 5.09 Å². The molecule has 0 aromatic carbocycles. The van der Waals surface area contributed by atoms with Crippen LogP contribution in [0.3, 0.4) is 0 Å². The molecule has 0 aliphatic heterocycles. The topological polar surface area (TPSA) is 103 Å². The average Bonchev–Trinajstić information content (AvgIpc) is 0.811. The summed E-state index contributed by atoms with van der Waals surface area (Å²) in [6, 6.07) is 0. The maximum absolute atomic E-state index is 8.25. The van der Waals surface area contributed by atoms with Gasteiger partial charge in [0, 0.05) is 0 Å². The van der Waals surface area contributed by atoms with Gasteiger partial charge in [0.25, 0.3) is 0 Å². The van der Waals surface area contributed by atoms with Crippen molar-refractivity contribution >= 4 is 17.4 Å². The van der Waals surface area contributed by atoms with Gasteiger partial charge in [-0.05, 0) is 0 Å². The molecule has 4 N–H and O–H groups in total. The van der Waals surface area contributed by atoms with Gasteiger partial charge in [0.15, 0.2) is 0 Å². The zero-order valence-corrected chi connectivity index (χ0v) is 4.40. The number of hydrogen-bond acceptors (Lipinski definition) is 3. The fourth-order valence-corrected chi connectivity index (χ4v) is 0. The van der Waals surface area contributed by atoms with Gasteiger partial charge in [-0.25, -0.2) is 0 Å². The van der Waals surface area contributed by atoms with Crippen molar-refractivity contribution < 1.29 is 5.09 Å². The SMILES string of the molecule is O=[N+]([O-])[O-].[Al+3].[NH4+]. The van der Waals surface area contributed by atoms with Crippen LogP contribution in [0.1, 0.15) is 0 Å². The molecule has 5 nitrogen and oxygen atoms in total. The number of nitrogens with zero attached hydrogens (tertiary/aromatic N) is 1. The summed E-state index contributed by atoms with van der Waals surface area (Å²) in [5.74, 6) is 0. The molecule has 0 bridgehead atoms. The van der Waals surface area contributed by atoms with Crippen molar-refractivity contribution in [1.29, 1.82) is 0 Å². The van der Waals surface area contributed by atoms with Crippen molar-refractivity contribution in [2.24, 2.45) is 0 Å². The zero-order chi connectivity index (χ0) is 3.58. The molecule has 0 amide bonds. The Morgan fingerprint density at radius 1 is 1.33 bits per heavy atom. The van der Waals surface area contributed by atoms with Crippen LogP contribution in [0, 0.1) is 15.3 Å². The summed E-state index contributed by atoms with van der Waals surface area (Å²) < 4.78 is 0. The van der Waals surface area contributed by atoms with E-state index in [0.29, 0.717) is 0 Å². The van der Waals surface area contributed by atoms with Gasteiger partial charge in [0.05, 0.1) is 5.09 Å². The fraction of sp³-hybridized carbons (Fsp3) is 0. The van der Waals surface area contributed by atoms with Crippen LogP contribution in [0.2, 0.25) is 0 Å². The van der Waals surface area contributed by atoms with E-state index in [1.165, 1.54) is 0 Å². The van der Waals surface area contributed by atoms with Crippen LogP contribution in [0.25, 0.3) is 0 Å². The monoisotopic (exact) mass is 107 g/mol. The minimum Gasteiger partial charge on any atom is -0.369 e. The quantitative estimate of drug-likeness (QED) is 0.262. The van der Waals surface area contributed by atoms with Gasteiger partial charge in [-0.15, -0.1) is 0 Å². The molecule has 0 atom stereocenters. The fourth-order valence-electron chi connectivity index (χ4n) is 0. The average molecular weight is 107 g/mol. The van der Waals surface area contributed by atoms with E-state index in [1.807, 2.05) is 0 Å². The Kier molecular flexibility index (Phi) is 25.4. The third-order valence-electron chi connectivity index (χ3n) is 0. The van der Waals surface area contributed by atoms with E-state index in [0.717, 1.165) is 0 Å². The van der Waals surface area contributed by atoms with Gasteiger partial charge < -0.3 is 21.5 Å². The molecular formula is H4AlN2O3+3. The molecule has 0 saturated carbocycles. The van der Waals surface area contributed by atoms with Gasteiger partial charge in [-0.2, -0.15) is 0 Å². The molecule has 6 heteroatoms. The third-order valence-corrected chi connectivity index (χ3v) is 0. The van der Waals surface area contributed by atoms with Crippen LogP contribution < -0.4 is 6.15 Å². The summed E-state index contributed by atoms with van der Waals surface area (Å²) in [5.41, 5.74) is 0. The molecule has 0 aliphatic carbocycles. The van der Waals surface area contributed by atoms with Gasteiger partial charge in [-0.3, -0.25) is 0 Å². The number of rotatable bonds is 0. The molecule has 32 valence electrons. The molecule has 0 fully saturated rings. The van der Waals surface area contributed by atoms with E-state index in [-0.39, 0.29) is 23.5 Å². The molecule has 0 saturated heterocycles. The van der Waals surface area contributed by atoms with Crippen LogP contribution in [-0.4, -0.2) is 22.4 Å². The molecular weight excluding hydrogens is 103 g/mol. The van der Waals surface area contributed by atoms with Gasteiger partial charge in [0.1, 0.15) is 0 Å². The minimum absolute atomic E-state index is 0. The molecule has 0 rings (SSSR count). The Morgan fingerprint density at radius 3 is 1.33 bits per heavy atom. The van der Waals surface area contributed by atoms with Crippen molar-refractivity contribution in [2.75, 3.05) is 0 Å². The van der Waals surface area contributed by atoms with Crippen LogP contribution in [0.4, 0.5) is 0 Å². The number of quaternary nitrogens is 1. The predicted molar refractivity (Wildman–Crippen MR) is 22.1 cm³/mol. The molecule has 0 radical (unpaired) electrons. The van der Waals surface area contributed by atoms with E-state index in [2.05, 4.69) is 0 Å². The second kappa shape index (κ2) is 8.83. The summed E-state index contributed by atoms with van der Waals surface area (Å²) in [6.45, 7) is 0. The summed E-state index contributed by atoms with van der Waals surface area (Å²) in [4.78, 5) is 8.25. The van der Waals surface area contributed by atoms with Crippen molar-refractivity contribution in [3.05, 3.63) is 15.3 Å². The first-order valence-corrected chi connectivity index (χ1v) is 0.548. The van der Waals surface area contributed by atoms with Crippen molar-refractivity contribution in [2.45, 2.75) is 0 Å². The predicted octanol–water partition coefficient (Wildman–Crippen LogP) is -0.244. The van der Waals surface area contributed by atoms with Crippen molar-refractivity contribution in [1.82, 2.24) is 6.15 Å². The van der Waals surface area contributed by atoms with E-state index in [9.17, 15) is 0 Å². The Bertz CT molecular complexity index is 31.8. The van der Waals surface area contributed by atoms with Crippen LogP contribution >= 0.6 is 0 Å². The minimum atomic E-state index is -1.75. The molecule has 0 aliphatic rings. The second-order valence-electron chi connectivity index (χ2n) is 0.224. The second-order valence-corrected chi connectivity index (χ2v) is 0.224. The van der Waals surface area contributed by atoms with E-state index in [1.54, 1.807) is 0 Å². The van der Waals surface area contributed by atoms with E-state index in [4.69, 9.17) is 15.3 Å². The molecule has 0 spiro atoms. The molecule has 0 aromatic rings. The van der Waals surface area contributed by atoms with Crippen LogP contribution in [0.5, 0.6) is 0 Å². The summed E-state index contributed by atoms with van der Waals surface area (Å²) >= 11 is 0. The largest absolute Gasteiger partial charge is 3.00 e. The van der Waals surface area contributed by atoms with Crippen molar-refractivity contribution in [3.63, 3.8) is 0 Å². The maximum atomic E-state index is 8.25. The Morgan fingerprint density at radius 2 is 1.33 bits per heavy atom. The van der Waals surface area contributed by atoms with Gasteiger partial charge in [-0.1, -0.05) is 0 Å². The molecule has 6 heavy (non-hydrogen) atoms. The Balaban J connectivity index is -0.0000000450. The number of hydrogen-bond donors (Lipinski definition) is 1. The molecule has 0 aromatic heterocycles. The van der Waals surface area contributed by atoms with Crippen LogP contribution in [0.15, 0.2) is 0 Å². The van der Waals surface area contributed by atoms with E-state index >= 15 is 0 Å². The summed E-state index contributed by atoms with van der Waals surface area (Å²) in [5, 5.41) is 14.8.